The fraction of sp³-hybridized carbons (Fsp3) is 0.222. The number of fused-ring (bicyclic) bond motifs is 1. The molecule has 0 radical (unpaired) electrons. The predicted octanol–water partition coefficient (Wildman–Crippen LogP) is 3.39. The van der Waals surface area contributed by atoms with Crippen LogP contribution in [0.2, 0.25) is 0 Å². The first kappa shape index (κ1) is 17.3. The van der Waals surface area contributed by atoms with Gasteiger partial charge in [-0.25, -0.2) is 9.37 Å². The smallest absolute Gasteiger partial charge is 0.261 e. The number of benzene rings is 1. The summed E-state index contributed by atoms with van der Waals surface area (Å²) in [5, 5.41) is 3.65. The minimum atomic E-state index is -0.475. The van der Waals surface area contributed by atoms with E-state index in [1.54, 1.807) is 37.6 Å². The molecule has 0 atom stereocenters. The normalized spacial score (nSPS) is 10.8. The van der Waals surface area contributed by atoms with Crippen LogP contribution in [0.25, 0.3) is 10.2 Å². The van der Waals surface area contributed by atoms with Gasteiger partial charge in [-0.2, -0.15) is 0 Å². The molecule has 0 bridgehead atoms. The minimum absolute atomic E-state index is 0.0772. The first-order valence-corrected chi connectivity index (χ1v) is 8.52. The fourth-order valence-corrected chi connectivity index (χ4v) is 3.20. The fourth-order valence-electron chi connectivity index (χ4n) is 2.29. The van der Waals surface area contributed by atoms with Gasteiger partial charge in [-0.1, -0.05) is 18.2 Å². The first-order valence-electron chi connectivity index (χ1n) is 7.71. The van der Waals surface area contributed by atoms with Crippen LogP contribution in [0.5, 0.6) is 5.75 Å². The summed E-state index contributed by atoms with van der Waals surface area (Å²) in [4.78, 5) is 17.9. The molecule has 2 heterocycles. The molecule has 7 heteroatoms. The third kappa shape index (κ3) is 4.12. The highest BCUT2D eigenvalue weighted by atomic mass is 32.1. The van der Waals surface area contributed by atoms with E-state index in [-0.39, 0.29) is 24.8 Å². The number of halogens is 1. The number of carbonyl (C=O) groups excluding carboxylic acids is 1. The Hall–Kier alpha value is -2.51. The summed E-state index contributed by atoms with van der Waals surface area (Å²) in [5.74, 6) is -0.583. The average Bonchev–Trinajstić information content (AvgIpc) is 3.06. The minimum Gasteiger partial charge on any atom is -0.488 e. The van der Waals surface area contributed by atoms with Crippen LogP contribution in [-0.4, -0.2) is 31.2 Å². The van der Waals surface area contributed by atoms with Crippen LogP contribution < -0.4 is 10.1 Å². The molecule has 3 rings (SSSR count). The van der Waals surface area contributed by atoms with Crippen molar-refractivity contribution in [1.29, 1.82) is 0 Å². The van der Waals surface area contributed by atoms with Gasteiger partial charge in [0.25, 0.3) is 5.91 Å². The molecule has 0 spiro atoms. The van der Waals surface area contributed by atoms with E-state index in [0.717, 1.165) is 10.2 Å². The molecule has 1 amide bonds. The number of carbonyl (C=O) groups is 1. The molecule has 0 aliphatic heterocycles. The maximum Gasteiger partial charge on any atom is 0.261 e. The number of rotatable bonds is 7. The Kier molecular flexibility index (Phi) is 5.57. The largest absolute Gasteiger partial charge is 0.488 e. The number of hydrogen-bond acceptors (Lipinski definition) is 5. The highest BCUT2D eigenvalue weighted by Gasteiger charge is 2.13. The van der Waals surface area contributed by atoms with E-state index in [2.05, 4.69) is 10.3 Å². The summed E-state index contributed by atoms with van der Waals surface area (Å²) in [6.07, 6.45) is 1.69. The lowest BCUT2D eigenvalue weighted by Crippen LogP contribution is -2.22. The Morgan fingerprint density at radius 3 is 2.96 bits per heavy atom. The molecule has 0 unspecified atom stereocenters. The molecular formula is C18H17FN2O3S. The Balaban J connectivity index is 1.66. The molecule has 0 aliphatic rings. The lowest BCUT2D eigenvalue weighted by Gasteiger charge is -2.10. The van der Waals surface area contributed by atoms with E-state index in [0.29, 0.717) is 17.0 Å². The summed E-state index contributed by atoms with van der Waals surface area (Å²) < 4.78 is 24.6. The quantitative estimate of drug-likeness (QED) is 0.656. The molecule has 25 heavy (non-hydrogen) atoms. The highest BCUT2D eigenvalue weighted by molar-refractivity contribution is 7.20. The predicted molar refractivity (Wildman–Crippen MR) is 94.6 cm³/mol. The van der Waals surface area contributed by atoms with Crippen LogP contribution in [-0.2, 0) is 11.3 Å². The van der Waals surface area contributed by atoms with Crippen molar-refractivity contribution in [1.82, 2.24) is 10.3 Å². The van der Waals surface area contributed by atoms with E-state index in [9.17, 15) is 9.18 Å². The zero-order valence-corrected chi connectivity index (χ0v) is 14.4. The van der Waals surface area contributed by atoms with Crippen LogP contribution in [0.4, 0.5) is 4.39 Å². The second-order valence-corrected chi connectivity index (χ2v) is 6.29. The Morgan fingerprint density at radius 2 is 2.16 bits per heavy atom. The Bertz CT molecular complexity index is 849. The summed E-state index contributed by atoms with van der Waals surface area (Å²) in [6.45, 7) is 0.714. The Labute approximate surface area is 148 Å². The number of aromatic nitrogens is 1. The summed E-state index contributed by atoms with van der Waals surface area (Å²) in [7, 11) is 1.55. The van der Waals surface area contributed by atoms with Gasteiger partial charge in [0.1, 0.15) is 11.4 Å². The maximum absolute atomic E-state index is 14.4. The lowest BCUT2D eigenvalue weighted by atomic mass is 10.2. The van der Waals surface area contributed by atoms with Gasteiger partial charge in [0.2, 0.25) is 0 Å². The van der Waals surface area contributed by atoms with Crippen molar-refractivity contribution in [3.05, 3.63) is 58.9 Å². The first-order chi connectivity index (χ1) is 12.2. The van der Waals surface area contributed by atoms with Gasteiger partial charge in [0.15, 0.2) is 11.6 Å². The lowest BCUT2D eigenvalue weighted by molar-refractivity contribution is 0.0954. The molecular weight excluding hydrogens is 343 g/mol. The molecule has 2 aromatic heterocycles. The van der Waals surface area contributed by atoms with E-state index in [4.69, 9.17) is 9.47 Å². The molecule has 1 aromatic carbocycles. The van der Waals surface area contributed by atoms with Crippen molar-refractivity contribution in [2.24, 2.45) is 0 Å². The number of nitrogens with zero attached hydrogens (tertiary/aromatic N) is 1. The summed E-state index contributed by atoms with van der Waals surface area (Å²) in [6, 6.07) is 10.4. The van der Waals surface area contributed by atoms with Gasteiger partial charge in [0.05, 0.1) is 11.5 Å². The number of nitrogens with one attached hydrogen (secondary N) is 1. The van der Waals surface area contributed by atoms with Crippen LogP contribution in [0.15, 0.2) is 42.6 Å². The van der Waals surface area contributed by atoms with E-state index >= 15 is 0 Å². The third-order valence-electron chi connectivity index (χ3n) is 3.55. The van der Waals surface area contributed by atoms with E-state index in [1.165, 1.54) is 11.3 Å². The van der Waals surface area contributed by atoms with E-state index in [1.807, 2.05) is 12.1 Å². The number of ether oxygens (including phenoxy) is 2. The highest BCUT2D eigenvalue weighted by Crippen LogP contribution is 2.24. The average molecular weight is 360 g/mol. The van der Waals surface area contributed by atoms with Gasteiger partial charge in [-0.15, -0.1) is 11.3 Å². The maximum atomic E-state index is 14.4. The van der Waals surface area contributed by atoms with Crippen LogP contribution >= 0.6 is 11.3 Å². The second kappa shape index (κ2) is 8.04. The summed E-state index contributed by atoms with van der Waals surface area (Å²) in [5.41, 5.74) is 0.363. The monoisotopic (exact) mass is 360 g/mol. The molecule has 130 valence electrons. The van der Waals surface area contributed by atoms with Crippen molar-refractivity contribution in [3.8, 4) is 5.75 Å². The third-order valence-corrected chi connectivity index (χ3v) is 4.60. The van der Waals surface area contributed by atoms with Gasteiger partial charge < -0.3 is 14.8 Å². The molecule has 5 nitrogen and oxygen atoms in total. The SMILES string of the molecule is COCCOc1cccc(CNC(=O)c2cc3cccnc3s2)c1F. The zero-order valence-electron chi connectivity index (χ0n) is 13.6. The number of pyridine rings is 1. The molecule has 0 saturated heterocycles. The topological polar surface area (TPSA) is 60.5 Å². The summed E-state index contributed by atoms with van der Waals surface area (Å²) >= 11 is 1.31. The number of hydrogen-bond donors (Lipinski definition) is 1. The molecule has 0 saturated carbocycles. The number of methoxy groups -OCH3 is 1. The van der Waals surface area contributed by atoms with Crippen LogP contribution in [0.1, 0.15) is 15.2 Å². The van der Waals surface area contributed by atoms with Crippen molar-refractivity contribution in [2.45, 2.75) is 6.54 Å². The molecule has 1 N–H and O–H groups in total. The van der Waals surface area contributed by atoms with Crippen molar-refractivity contribution < 1.29 is 18.7 Å². The molecule has 0 aliphatic carbocycles. The zero-order chi connectivity index (χ0) is 17.6. The Morgan fingerprint density at radius 1 is 1.28 bits per heavy atom. The van der Waals surface area contributed by atoms with Gasteiger partial charge in [0, 0.05) is 30.8 Å². The van der Waals surface area contributed by atoms with Crippen molar-refractivity contribution in [2.75, 3.05) is 20.3 Å². The van der Waals surface area contributed by atoms with Crippen LogP contribution in [0, 0.1) is 5.82 Å². The number of amides is 1. The van der Waals surface area contributed by atoms with Gasteiger partial charge in [-0.05, 0) is 18.2 Å². The molecule has 3 aromatic rings. The van der Waals surface area contributed by atoms with Gasteiger partial charge >= 0.3 is 0 Å². The second-order valence-electron chi connectivity index (χ2n) is 5.26. The van der Waals surface area contributed by atoms with E-state index < -0.39 is 5.82 Å². The number of thiophene rings is 1. The van der Waals surface area contributed by atoms with Crippen molar-refractivity contribution >= 4 is 27.5 Å². The van der Waals surface area contributed by atoms with Gasteiger partial charge in [-0.3, -0.25) is 4.79 Å². The standard InChI is InChI=1S/C18H17FN2O3S/c1-23-8-9-24-14-6-2-4-13(16(14)19)11-21-17(22)15-10-12-5-3-7-20-18(12)25-15/h2-7,10H,8-9,11H2,1H3,(H,21,22). The molecule has 0 fully saturated rings. The van der Waals surface area contributed by atoms with Crippen LogP contribution in [0.3, 0.4) is 0 Å². The van der Waals surface area contributed by atoms with Crippen molar-refractivity contribution in [3.63, 3.8) is 0 Å².